The van der Waals surface area contributed by atoms with Crippen LogP contribution in [0.3, 0.4) is 0 Å². The minimum Gasteiger partial charge on any atom is -0.260 e. The monoisotopic (exact) mass is 255 g/mol. The minimum absolute atomic E-state index is 0.649. The third-order valence-electron chi connectivity index (χ3n) is 2.92. The van der Waals surface area contributed by atoms with Gasteiger partial charge in [0.25, 0.3) is 0 Å². The van der Waals surface area contributed by atoms with E-state index in [4.69, 9.17) is 0 Å². The number of thiophene rings is 1. The molecule has 2 aromatic rings. The normalized spacial score (nSPS) is 14.3. The van der Waals surface area contributed by atoms with E-state index in [-0.39, 0.29) is 0 Å². The van der Waals surface area contributed by atoms with Crippen LogP contribution in [0.1, 0.15) is 16.8 Å². The third-order valence-corrected chi connectivity index (χ3v) is 3.91. The van der Waals surface area contributed by atoms with Gasteiger partial charge in [0.05, 0.1) is 5.56 Å². The van der Waals surface area contributed by atoms with Crippen molar-refractivity contribution in [3.63, 3.8) is 0 Å². The Bertz CT molecular complexity index is 571. The lowest BCUT2D eigenvalue weighted by Crippen LogP contribution is -2.10. The number of rotatable bonds is 0. The van der Waals surface area contributed by atoms with Crippen LogP contribution in [0.15, 0.2) is 23.7 Å². The van der Waals surface area contributed by atoms with Crippen LogP contribution in [-0.4, -0.2) is 4.98 Å². The Kier molecular flexibility index (Phi) is 2.26. The molecule has 0 fully saturated rings. The van der Waals surface area contributed by atoms with E-state index in [1.807, 2.05) is 11.4 Å². The molecule has 0 saturated heterocycles. The fourth-order valence-electron chi connectivity index (χ4n) is 2.07. The maximum absolute atomic E-state index is 12.6. The van der Waals surface area contributed by atoms with Gasteiger partial charge in [0.15, 0.2) is 0 Å². The van der Waals surface area contributed by atoms with Gasteiger partial charge in [-0.25, -0.2) is 0 Å². The summed E-state index contributed by atoms with van der Waals surface area (Å²) in [5.74, 6) is 0. The zero-order valence-electron chi connectivity index (χ0n) is 8.71. The van der Waals surface area contributed by atoms with E-state index in [9.17, 15) is 13.2 Å². The molecule has 1 aliphatic rings. The SMILES string of the molecule is FC(F)(F)c1cnc2c(c1)-c1sccc1CC2. The highest BCUT2D eigenvalue weighted by atomic mass is 32.1. The summed E-state index contributed by atoms with van der Waals surface area (Å²) in [7, 11) is 0. The Balaban J connectivity index is 2.18. The van der Waals surface area contributed by atoms with Gasteiger partial charge < -0.3 is 0 Å². The van der Waals surface area contributed by atoms with Gasteiger partial charge in [-0.05, 0) is 35.9 Å². The van der Waals surface area contributed by atoms with E-state index < -0.39 is 11.7 Å². The van der Waals surface area contributed by atoms with Crippen molar-refractivity contribution >= 4 is 11.3 Å². The number of nitrogens with zero attached hydrogens (tertiary/aromatic N) is 1. The van der Waals surface area contributed by atoms with Crippen LogP contribution < -0.4 is 0 Å². The molecular formula is C12H8F3NS. The van der Waals surface area contributed by atoms with Crippen LogP contribution in [0.2, 0.25) is 0 Å². The Hall–Kier alpha value is -1.36. The second kappa shape index (κ2) is 3.57. The van der Waals surface area contributed by atoms with E-state index in [1.165, 1.54) is 17.4 Å². The fourth-order valence-corrected chi connectivity index (χ4v) is 3.06. The van der Waals surface area contributed by atoms with Gasteiger partial charge in [0.1, 0.15) is 0 Å². The molecule has 5 heteroatoms. The molecule has 17 heavy (non-hydrogen) atoms. The Morgan fingerprint density at radius 3 is 2.82 bits per heavy atom. The molecule has 0 unspecified atom stereocenters. The van der Waals surface area contributed by atoms with E-state index in [0.717, 1.165) is 35.2 Å². The van der Waals surface area contributed by atoms with E-state index >= 15 is 0 Å². The first-order chi connectivity index (χ1) is 8.05. The average molecular weight is 255 g/mol. The lowest BCUT2D eigenvalue weighted by molar-refractivity contribution is -0.137. The lowest BCUT2D eigenvalue weighted by Gasteiger charge is -2.17. The molecule has 0 spiro atoms. The van der Waals surface area contributed by atoms with Crippen molar-refractivity contribution in [3.8, 4) is 10.4 Å². The molecule has 0 aromatic carbocycles. The summed E-state index contributed by atoms with van der Waals surface area (Å²) in [6.45, 7) is 0. The van der Waals surface area contributed by atoms with Gasteiger partial charge in [0, 0.05) is 22.3 Å². The molecule has 0 bridgehead atoms. The minimum atomic E-state index is -4.32. The number of pyridine rings is 1. The van der Waals surface area contributed by atoms with Crippen molar-refractivity contribution in [2.45, 2.75) is 19.0 Å². The van der Waals surface area contributed by atoms with Crippen LogP contribution >= 0.6 is 11.3 Å². The predicted molar refractivity (Wildman–Crippen MR) is 60.0 cm³/mol. The molecule has 1 aliphatic carbocycles. The maximum Gasteiger partial charge on any atom is 0.417 e. The summed E-state index contributed by atoms with van der Waals surface area (Å²) in [5.41, 5.74) is 1.88. The van der Waals surface area contributed by atoms with Gasteiger partial charge in [-0.15, -0.1) is 11.3 Å². The van der Waals surface area contributed by atoms with Gasteiger partial charge in [-0.3, -0.25) is 4.98 Å². The fraction of sp³-hybridized carbons (Fsp3) is 0.250. The zero-order valence-corrected chi connectivity index (χ0v) is 9.53. The molecule has 0 amide bonds. The molecule has 2 aromatic heterocycles. The van der Waals surface area contributed by atoms with Crippen molar-refractivity contribution in [3.05, 3.63) is 40.5 Å². The average Bonchev–Trinajstić information content (AvgIpc) is 2.75. The van der Waals surface area contributed by atoms with Crippen molar-refractivity contribution < 1.29 is 13.2 Å². The van der Waals surface area contributed by atoms with Crippen LogP contribution in [0.25, 0.3) is 10.4 Å². The molecule has 3 rings (SSSR count). The molecule has 0 aliphatic heterocycles. The standard InChI is InChI=1S/C12H8F3NS/c13-12(14,15)8-5-9-10(16-6-8)2-1-7-3-4-17-11(7)9/h3-6H,1-2H2. The Labute approximate surface area is 99.9 Å². The molecule has 0 atom stereocenters. The van der Waals surface area contributed by atoms with Crippen LogP contribution in [0.4, 0.5) is 13.2 Å². The van der Waals surface area contributed by atoms with E-state index in [2.05, 4.69) is 4.98 Å². The Morgan fingerprint density at radius 1 is 1.24 bits per heavy atom. The first-order valence-corrected chi connectivity index (χ1v) is 6.06. The first kappa shape index (κ1) is 10.8. The molecule has 1 nitrogen and oxygen atoms in total. The predicted octanol–water partition coefficient (Wildman–Crippen LogP) is 3.93. The molecule has 0 N–H and O–H groups in total. The number of aryl methyl sites for hydroxylation is 2. The molecule has 88 valence electrons. The number of hydrogen-bond acceptors (Lipinski definition) is 2. The number of halogens is 3. The molecule has 2 heterocycles. The Morgan fingerprint density at radius 2 is 2.06 bits per heavy atom. The molecular weight excluding hydrogens is 247 g/mol. The van der Waals surface area contributed by atoms with E-state index in [1.54, 1.807) is 0 Å². The topological polar surface area (TPSA) is 12.9 Å². The second-order valence-electron chi connectivity index (χ2n) is 3.99. The summed E-state index contributed by atoms with van der Waals surface area (Å²) in [6, 6.07) is 3.19. The third kappa shape index (κ3) is 1.74. The van der Waals surface area contributed by atoms with Gasteiger partial charge in [-0.1, -0.05) is 0 Å². The summed E-state index contributed by atoms with van der Waals surface area (Å²) in [6.07, 6.45) is -1.81. The van der Waals surface area contributed by atoms with Crippen molar-refractivity contribution in [2.24, 2.45) is 0 Å². The van der Waals surface area contributed by atoms with Gasteiger partial charge >= 0.3 is 6.18 Å². The van der Waals surface area contributed by atoms with Crippen molar-refractivity contribution in [1.82, 2.24) is 4.98 Å². The van der Waals surface area contributed by atoms with Crippen LogP contribution in [0, 0.1) is 0 Å². The van der Waals surface area contributed by atoms with E-state index in [0.29, 0.717) is 5.56 Å². The second-order valence-corrected chi connectivity index (χ2v) is 4.91. The number of aromatic nitrogens is 1. The van der Waals surface area contributed by atoms with Crippen LogP contribution in [0.5, 0.6) is 0 Å². The highest BCUT2D eigenvalue weighted by molar-refractivity contribution is 7.13. The largest absolute Gasteiger partial charge is 0.417 e. The highest BCUT2D eigenvalue weighted by Crippen LogP contribution is 2.39. The zero-order chi connectivity index (χ0) is 12.0. The smallest absolute Gasteiger partial charge is 0.260 e. The molecule has 0 radical (unpaired) electrons. The van der Waals surface area contributed by atoms with Crippen molar-refractivity contribution in [2.75, 3.05) is 0 Å². The number of fused-ring (bicyclic) bond motifs is 3. The lowest BCUT2D eigenvalue weighted by atomic mass is 9.95. The van der Waals surface area contributed by atoms with Crippen molar-refractivity contribution in [1.29, 1.82) is 0 Å². The number of hydrogen-bond donors (Lipinski definition) is 0. The summed E-state index contributed by atoms with van der Waals surface area (Å²) < 4.78 is 37.9. The maximum atomic E-state index is 12.6. The summed E-state index contributed by atoms with van der Waals surface area (Å²) in [4.78, 5) is 4.89. The summed E-state index contributed by atoms with van der Waals surface area (Å²) in [5, 5.41) is 1.92. The number of alkyl halides is 3. The summed E-state index contributed by atoms with van der Waals surface area (Å²) >= 11 is 1.48. The van der Waals surface area contributed by atoms with Gasteiger partial charge in [-0.2, -0.15) is 13.2 Å². The quantitative estimate of drug-likeness (QED) is 0.695. The van der Waals surface area contributed by atoms with Gasteiger partial charge in [0.2, 0.25) is 0 Å². The highest BCUT2D eigenvalue weighted by Gasteiger charge is 2.32. The molecule has 0 saturated carbocycles. The van der Waals surface area contributed by atoms with Crippen LogP contribution in [-0.2, 0) is 19.0 Å². The first-order valence-electron chi connectivity index (χ1n) is 5.18.